The molecular weight excluding hydrogens is 282 g/mol. The zero-order chi connectivity index (χ0) is 12.3. The predicted molar refractivity (Wildman–Crippen MR) is 71.0 cm³/mol. The zero-order valence-corrected chi connectivity index (χ0v) is 11.5. The number of pyridine rings is 1. The molecule has 1 aliphatic rings. The number of aromatic nitrogens is 1. The Morgan fingerprint density at radius 2 is 2.12 bits per heavy atom. The average molecular weight is 298 g/mol. The molecule has 4 nitrogen and oxygen atoms in total. The molecule has 0 aliphatic carbocycles. The van der Waals surface area contributed by atoms with E-state index in [0.717, 1.165) is 43.0 Å². The summed E-state index contributed by atoms with van der Waals surface area (Å²) in [5.74, 6) is 1.14. The van der Waals surface area contributed by atoms with Gasteiger partial charge in [0.15, 0.2) is 0 Å². The highest BCUT2D eigenvalue weighted by atomic mass is 79.9. The summed E-state index contributed by atoms with van der Waals surface area (Å²) in [5.41, 5.74) is 0. The third kappa shape index (κ3) is 3.19. The third-order valence-electron chi connectivity index (χ3n) is 2.97. The number of carbonyl (C=O) groups is 1. The second kappa shape index (κ2) is 5.49. The number of anilines is 1. The van der Waals surface area contributed by atoms with E-state index in [1.54, 1.807) is 6.92 Å². The zero-order valence-electron chi connectivity index (χ0n) is 9.90. The molecule has 2 rings (SSSR count). The van der Waals surface area contributed by atoms with Crippen LogP contribution in [0.15, 0.2) is 22.8 Å². The molecule has 5 heteroatoms. The van der Waals surface area contributed by atoms with Crippen LogP contribution in [0, 0.1) is 0 Å². The van der Waals surface area contributed by atoms with Crippen molar-refractivity contribution in [3.63, 3.8) is 0 Å². The van der Waals surface area contributed by atoms with Crippen LogP contribution in [0.25, 0.3) is 0 Å². The van der Waals surface area contributed by atoms with Crippen LogP contribution in [0.5, 0.6) is 0 Å². The summed E-state index contributed by atoms with van der Waals surface area (Å²) >= 11 is 3.38. The van der Waals surface area contributed by atoms with Gasteiger partial charge in [0.1, 0.15) is 10.4 Å². The molecule has 92 valence electrons. The van der Waals surface area contributed by atoms with Crippen molar-refractivity contribution >= 4 is 27.7 Å². The van der Waals surface area contributed by atoms with Crippen LogP contribution in [-0.2, 0) is 4.79 Å². The smallest absolute Gasteiger partial charge is 0.219 e. The maximum Gasteiger partial charge on any atom is 0.219 e. The number of halogens is 1. The lowest BCUT2D eigenvalue weighted by atomic mass is 10.3. The Labute approximate surface area is 110 Å². The van der Waals surface area contributed by atoms with E-state index in [1.807, 2.05) is 23.1 Å². The summed E-state index contributed by atoms with van der Waals surface area (Å²) in [6.07, 6.45) is 0.994. The lowest BCUT2D eigenvalue weighted by Crippen LogP contribution is -2.33. The third-order valence-corrected chi connectivity index (χ3v) is 3.41. The van der Waals surface area contributed by atoms with E-state index in [4.69, 9.17) is 0 Å². The molecule has 1 fully saturated rings. The van der Waals surface area contributed by atoms with E-state index in [9.17, 15) is 4.79 Å². The molecule has 1 aliphatic heterocycles. The van der Waals surface area contributed by atoms with Gasteiger partial charge in [-0.15, -0.1) is 0 Å². The van der Waals surface area contributed by atoms with E-state index in [2.05, 4.69) is 25.8 Å². The Morgan fingerprint density at radius 1 is 1.29 bits per heavy atom. The minimum Gasteiger partial charge on any atom is -0.355 e. The Hall–Kier alpha value is -1.10. The number of nitrogens with zero attached hydrogens (tertiary/aromatic N) is 3. The topological polar surface area (TPSA) is 36.4 Å². The Balaban J connectivity index is 2.06. The van der Waals surface area contributed by atoms with Gasteiger partial charge in [-0.3, -0.25) is 4.79 Å². The van der Waals surface area contributed by atoms with E-state index in [1.165, 1.54) is 0 Å². The highest BCUT2D eigenvalue weighted by Crippen LogP contribution is 2.16. The molecule has 1 aromatic rings. The monoisotopic (exact) mass is 297 g/mol. The molecule has 0 spiro atoms. The first-order chi connectivity index (χ1) is 8.16. The van der Waals surface area contributed by atoms with Crippen molar-refractivity contribution in [3.05, 3.63) is 22.8 Å². The van der Waals surface area contributed by atoms with Crippen LogP contribution in [0.2, 0.25) is 0 Å². The van der Waals surface area contributed by atoms with Gasteiger partial charge < -0.3 is 9.80 Å². The Kier molecular flexibility index (Phi) is 3.99. The highest BCUT2D eigenvalue weighted by Gasteiger charge is 2.17. The van der Waals surface area contributed by atoms with Crippen LogP contribution >= 0.6 is 15.9 Å². The molecule has 0 saturated carbocycles. The van der Waals surface area contributed by atoms with Gasteiger partial charge in [-0.2, -0.15) is 0 Å². The molecule has 0 N–H and O–H groups in total. The minimum atomic E-state index is 0.161. The highest BCUT2D eigenvalue weighted by molar-refractivity contribution is 9.10. The summed E-state index contributed by atoms with van der Waals surface area (Å²) in [6.45, 7) is 5.06. The second-order valence-corrected chi connectivity index (χ2v) is 4.98. The fourth-order valence-electron chi connectivity index (χ4n) is 2.04. The molecule has 2 heterocycles. The quantitative estimate of drug-likeness (QED) is 0.743. The molecule has 0 unspecified atom stereocenters. The van der Waals surface area contributed by atoms with Crippen molar-refractivity contribution in [1.82, 2.24) is 9.88 Å². The Morgan fingerprint density at radius 3 is 2.82 bits per heavy atom. The standard InChI is InChI=1S/C12H16BrN3O/c1-10(17)15-6-3-7-16(9-8-15)12-5-2-4-11(13)14-12/h2,4-5H,3,6-9H2,1H3. The number of carbonyl (C=O) groups excluding carboxylic acids is 1. The summed E-state index contributed by atoms with van der Waals surface area (Å²) in [5, 5.41) is 0. The van der Waals surface area contributed by atoms with Crippen LogP contribution in [0.3, 0.4) is 0 Å². The van der Waals surface area contributed by atoms with Crippen molar-refractivity contribution in [1.29, 1.82) is 0 Å². The first-order valence-corrected chi connectivity index (χ1v) is 6.59. The van der Waals surface area contributed by atoms with E-state index >= 15 is 0 Å². The predicted octanol–water partition coefficient (Wildman–Crippen LogP) is 1.90. The summed E-state index contributed by atoms with van der Waals surface area (Å²) in [6, 6.07) is 5.91. The molecule has 0 atom stereocenters. The van der Waals surface area contributed by atoms with Gasteiger partial charge in [-0.1, -0.05) is 6.07 Å². The first kappa shape index (κ1) is 12.4. The van der Waals surface area contributed by atoms with Gasteiger partial charge in [-0.05, 0) is 34.5 Å². The van der Waals surface area contributed by atoms with Crippen LogP contribution in [0.4, 0.5) is 5.82 Å². The lowest BCUT2D eigenvalue weighted by molar-refractivity contribution is -0.128. The lowest BCUT2D eigenvalue weighted by Gasteiger charge is -2.22. The van der Waals surface area contributed by atoms with Gasteiger partial charge in [0.25, 0.3) is 0 Å². The fourth-order valence-corrected chi connectivity index (χ4v) is 2.37. The molecule has 0 bridgehead atoms. The maximum absolute atomic E-state index is 11.3. The number of hydrogen-bond donors (Lipinski definition) is 0. The first-order valence-electron chi connectivity index (χ1n) is 5.80. The largest absolute Gasteiger partial charge is 0.355 e. The van der Waals surface area contributed by atoms with Gasteiger partial charge in [0, 0.05) is 33.1 Å². The molecule has 0 aromatic carbocycles. The molecule has 1 amide bonds. The summed E-state index contributed by atoms with van der Waals surface area (Å²) in [4.78, 5) is 19.9. The van der Waals surface area contributed by atoms with Crippen molar-refractivity contribution in [2.75, 3.05) is 31.1 Å². The number of hydrogen-bond acceptors (Lipinski definition) is 3. The summed E-state index contributed by atoms with van der Waals surface area (Å²) in [7, 11) is 0. The molecule has 17 heavy (non-hydrogen) atoms. The molecule has 0 radical (unpaired) electrons. The van der Waals surface area contributed by atoms with Crippen LogP contribution < -0.4 is 4.90 Å². The molecule has 1 aromatic heterocycles. The number of amides is 1. The van der Waals surface area contributed by atoms with Crippen LogP contribution in [0.1, 0.15) is 13.3 Å². The van der Waals surface area contributed by atoms with E-state index in [0.29, 0.717) is 0 Å². The average Bonchev–Trinajstić information content (AvgIpc) is 2.54. The van der Waals surface area contributed by atoms with Crippen molar-refractivity contribution in [2.24, 2.45) is 0 Å². The maximum atomic E-state index is 11.3. The van der Waals surface area contributed by atoms with Gasteiger partial charge in [0.05, 0.1) is 0 Å². The van der Waals surface area contributed by atoms with E-state index < -0.39 is 0 Å². The van der Waals surface area contributed by atoms with Crippen molar-refractivity contribution < 1.29 is 4.79 Å². The number of rotatable bonds is 1. The van der Waals surface area contributed by atoms with Crippen molar-refractivity contribution in [2.45, 2.75) is 13.3 Å². The normalized spacial score (nSPS) is 16.8. The molecule has 1 saturated heterocycles. The van der Waals surface area contributed by atoms with E-state index in [-0.39, 0.29) is 5.91 Å². The minimum absolute atomic E-state index is 0.161. The second-order valence-electron chi connectivity index (χ2n) is 4.17. The van der Waals surface area contributed by atoms with Crippen molar-refractivity contribution in [3.8, 4) is 0 Å². The summed E-state index contributed by atoms with van der Waals surface area (Å²) < 4.78 is 0.850. The van der Waals surface area contributed by atoms with Gasteiger partial charge >= 0.3 is 0 Å². The SMILES string of the molecule is CC(=O)N1CCCN(c2cccc(Br)n2)CC1. The van der Waals surface area contributed by atoms with Gasteiger partial charge in [-0.25, -0.2) is 4.98 Å². The van der Waals surface area contributed by atoms with Crippen LogP contribution in [-0.4, -0.2) is 42.0 Å². The van der Waals surface area contributed by atoms with Gasteiger partial charge in [0.2, 0.25) is 5.91 Å². The molecular formula is C12H16BrN3O. The fraction of sp³-hybridized carbons (Fsp3) is 0.500. The Bertz CT molecular complexity index is 410.